The van der Waals surface area contributed by atoms with Crippen LogP contribution < -0.4 is 9.64 Å². The number of halogens is 2. The Kier molecular flexibility index (Phi) is 7.96. The summed E-state index contributed by atoms with van der Waals surface area (Å²) in [4.78, 5) is 24.4. The SMILES string of the molecule is COC(=O)c1ccc(Oc2ccc(CN(Cc3ccc(F)cc3F)c3cccc([N+](=O)[O-])c3C)cc2)cc1. The standard InChI is InChI=1S/C29H24F2N2O5/c1-19-27(4-3-5-28(19)33(35)36)32(18-22-8-11-23(30)16-26(22)31)17-20-6-12-24(13-7-20)38-25-14-9-21(10-15-25)29(34)37-2/h3-16H,17-18H2,1-2H3. The summed E-state index contributed by atoms with van der Waals surface area (Å²) in [5.41, 5.74) is 2.46. The number of nitrogens with zero attached hydrogens (tertiary/aromatic N) is 2. The van der Waals surface area contributed by atoms with Crippen LogP contribution in [-0.2, 0) is 17.8 Å². The van der Waals surface area contributed by atoms with Crippen molar-refractivity contribution in [3.05, 3.63) is 129 Å². The van der Waals surface area contributed by atoms with E-state index in [9.17, 15) is 23.7 Å². The van der Waals surface area contributed by atoms with Gasteiger partial charge >= 0.3 is 5.97 Å². The number of rotatable bonds is 9. The fourth-order valence-corrected chi connectivity index (χ4v) is 4.03. The van der Waals surface area contributed by atoms with E-state index in [4.69, 9.17) is 9.47 Å². The number of methoxy groups -OCH3 is 1. The van der Waals surface area contributed by atoms with Crippen LogP contribution in [0.15, 0.2) is 84.9 Å². The molecule has 0 aliphatic carbocycles. The van der Waals surface area contributed by atoms with E-state index in [0.717, 1.165) is 11.6 Å². The number of anilines is 1. The smallest absolute Gasteiger partial charge is 0.337 e. The average molecular weight is 519 g/mol. The lowest BCUT2D eigenvalue weighted by Gasteiger charge is -2.27. The highest BCUT2D eigenvalue weighted by Gasteiger charge is 2.19. The van der Waals surface area contributed by atoms with Crippen molar-refractivity contribution in [3.8, 4) is 11.5 Å². The van der Waals surface area contributed by atoms with Gasteiger partial charge in [0.05, 0.1) is 23.2 Å². The third-order valence-corrected chi connectivity index (χ3v) is 6.00. The van der Waals surface area contributed by atoms with E-state index in [-0.39, 0.29) is 17.8 Å². The molecule has 4 aromatic rings. The lowest BCUT2D eigenvalue weighted by atomic mass is 10.1. The minimum absolute atomic E-state index is 0.0472. The van der Waals surface area contributed by atoms with Gasteiger partial charge in [0.2, 0.25) is 0 Å². The number of hydrogen-bond donors (Lipinski definition) is 0. The molecule has 0 saturated carbocycles. The molecular weight excluding hydrogens is 494 g/mol. The molecule has 194 valence electrons. The van der Waals surface area contributed by atoms with Crippen molar-refractivity contribution in [1.29, 1.82) is 0 Å². The summed E-state index contributed by atoms with van der Waals surface area (Å²) >= 11 is 0. The molecule has 4 aromatic carbocycles. The number of nitro groups is 1. The Morgan fingerprint density at radius 2 is 1.58 bits per heavy atom. The monoisotopic (exact) mass is 518 g/mol. The predicted molar refractivity (Wildman–Crippen MR) is 138 cm³/mol. The number of carbonyl (C=O) groups is 1. The van der Waals surface area contributed by atoms with Gasteiger partial charge in [0.1, 0.15) is 23.1 Å². The van der Waals surface area contributed by atoms with Crippen LogP contribution in [0.1, 0.15) is 27.0 Å². The van der Waals surface area contributed by atoms with Crippen LogP contribution in [0.2, 0.25) is 0 Å². The fraction of sp³-hybridized carbons (Fsp3) is 0.138. The summed E-state index contributed by atoms with van der Waals surface area (Å²) < 4.78 is 38.5. The highest BCUT2D eigenvalue weighted by atomic mass is 19.1. The molecule has 0 bridgehead atoms. The van der Waals surface area contributed by atoms with Gasteiger partial charge in [-0.2, -0.15) is 0 Å². The van der Waals surface area contributed by atoms with Gasteiger partial charge in [-0.25, -0.2) is 13.6 Å². The first kappa shape index (κ1) is 26.3. The molecule has 9 heteroatoms. The van der Waals surface area contributed by atoms with Gasteiger partial charge in [-0.1, -0.05) is 24.3 Å². The third kappa shape index (κ3) is 6.12. The van der Waals surface area contributed by atoms with Gasteiger partial charge in [-0.05, 0) is 61.0 Å². The molecule has 0 saturated heterocycles. The molecule has 0 heterocycles. The number of benzene rings is 4. The maximum atomic E-state index is 14.5. The first-order chi connectivity index (χ1) is 18.2. The Bertz CT molecular complexity index is 1460. The van der Waals surface area contributed by atoms with Crippen LogP contribution in [0.5, 0.6) is 11.5 Å². The van der Waals surface area contributed by atoms with Crippen LogP contribution >= 0.6 is 0 Å². The molecule has 0 aliphatic rings. The van der Waals surface area contributed by atoms with Crippen LogP contribution in [-0.4, -0.2) is 18.0 Å². The van der Waals surface area contributed by atoms with Crippen molar-refractivity contribution >= 4 is 17.3 Å². The van der Waals surface area contributed by atoms with Crippen LogP contribution in [0.25, 0.3) is 0 Å². The summed E-state index contributed by atoms with van der Waals surface area (Å²) in [7, 11) is 1.31. The van der Waals surface area contributed by atoms with Gasteiger partial charge in [0, 0.05) is 36.5 Å². The number of carbonyl (C=O) groups excluding carboxylic acids is 1. The normalized spacial score (nSPS) is 10.6. The molecule has 0 atom stereocenters. The molecule has 0 N–H and O–H groups in total. The van der Waals surface area contributed by atoms with Crippen molar-refractivity contribution in [1.82, 2.24) is 0 Å². The minimum Gasteiger partial charge on any atom is -0.465 e. The van der Waals surface area contributed by atoms with Gasteiger partial charge in [-0.15, -0.1) is 0 Å². The number of hydrogen-bond acceptors (Lipinski definition) is 6. The fourth-order valence-electron chi connectivity index (χ4n) is 4.03. The molecule has 4 rings (SSSR count). The maximum Gasteiger partial charge on any atom is 0.337 e. The minimum atomic E-state index is -0.694. The molecule has 0 radical (unpaired) electrons. The van der Waals surface area contributed by atoms with Gasteiger partial charge in [0.15, 0.2) is 0 Å². The molecule has 0 unspecified atom stereocenters. The maximum absolute atomic E-state index is 14.5. The lowest BCUT2D eigenvalue weighted by molar-refractivity contribution is -0.385. The second-order valence-corrected chi connectivity index (χ2v) is 8.53. The molecule has 7 nitrogen and oxygen atoms in total. The number of nitro benzene ring substituents is 1. The van der Waals surface area contributed by atoms with E-state index >= 15 is 0 Å². The molecule has 0 aromatic heterocycles. The second-order valence-electron chi connectivity index (χ2n) is 8.53. The summed E-state index contributed by atoms with van der Waals surface area (Å²) in [6.07, 6.45) is 0. The zero-order valence-corrected chi connectivity index (χ0v) is 20.7. The lowest BCUT2D eigenvalue weighted by Crippen LogP contribution is -2.24. The zero-order chi connectivity index (χ0) is 27.2. The molecule has 0 aliphatic heterocycles. The van der Waals surface area contributed by atoms with Crippen LogP contribution in [0, 0.1) is 28.7 Å². The topological polar surface area (TPSA) is 81.9 Å². The number of ether oxygens (including phenoxy) is 2. The van der Waals surface area contributed by atoms with E-state index < -0.39 is 22.5 Å². The van der Waals surface area contributed by atoms with Crippen molar-refractivity contribution in [3.63, 3.8) is 0 Å². The first-order valence-electron chi connectivity index (χ1n) is 11.6. The second kappa shape index (κ2) is 11.5. The van der Waals surface area contributed by atoms with Crippen LogP contribution in [0.4, 0.5) is 20.2 Å². The molecule has 0 fully saturated rings. The molecule has 38 heavy (non-hydrogen) atoms. The largest absolute Gasteiger partial charge is 0.465 e. The van der Waals surface area contributed by atoms with Crippen molar-refractivity contribution in [2.45, 2.75) is 20.0 Å². The highest BCUT2D eigenvalue weighted by Crippen LogP contribution is 2.31. The van der Waals surface area contributed by atoms with Gasteiger partial charge in [-0.3, -0.25) is 10.1 Å². The third-order valence-electron chi connectivity index (χ3n) is 6.00. The van der Waals surface area contributed by atoms with Crippen LogP contribution in [0.3, 0.4) is 0 Å². The highest BCUT2D eigenvalue weighted by molar-refractivity contribution is 5.89. The summed E-state index contributed by atoms with van der Waals surface area (Å²) in [5.74, 6) is -0.724. The first-order valence-corrected chi connectivity index (χ1v) is 11.6. The van der Waals surface area contributed by atoms with Crippen molar-refractivity contribution in [2.75, 3.05) is 12.0 Å². The van der Waals surface area contributed by atoms with E-state index in [1.807, 2.05) is 12.1 Å². The Balaban J connectivity index is 1.57. The quantitative estimate of drug-likeness (QED) is 0.135. The van der Waals surface area contributed by atoms with Gasteiger partial charge in [0.25, 0.3) is 5.69 Å². The predicted octanol–water partition coefficient (Wildman–Crippen LogP) is 6.97. The Hall–Kier alpha value is -4.79. The van der Waals surface area contributed by atoms with E-state index in [1.165, 1.54) is 25.3 Å². The Morgan fingerprint density at radius 3 is 2.18 bits per heavy atom. The van der Waals surface area contributed by atoms with Gasteiger partial charge < -0.3 is 14.4 Å². The zero-order valence-electron chi connectivity index (χ0n) is 20.7. The summed E-state index contributed by atoms with van der Waals surface area (Å²) in [6.45, 7) is 2.01. The Labute approximate surface area is 218 Å². The summed E-state index contributed by atoms with van der Waals surface area (Å²) in [5, 5.41) is 11.5. The van der Waals surface area contributed by atoms with E-state index in [1.54, 1.807) is 60.4 Å². The summed E-state index contributed by atoms with van der Waals surface area (Å²) in [6, 6.07) is 21.8. The Morgan fingerprint density at radius 1 is 0.921 bits per heavy atom. The van der Waals surface area contributed by atoms with Crippen molar-refractivity contribution < 1.29 is 28.0 Å². The number of esters is 1. The van der Waals surface area contributed by atoms with E-state index in [0.29, 0.717) is 34.9 Å². The molecule has 0 amide bonds. The van der Waals surface area contributed by atoms with E-state index in [2.05, 4.69) is 0 Å². The molecule has 0 spiro atoms. The average Bonchev–Trinajstić information content (AvgIpc) is 2.91. The molecular formula is C29H24F2N2O5. The van der Waals surface area contributed by atoms with Crippen molar-refractivity contribution in [2.24, 2.45) is 0 Å².